The summed E-state index contributed by atoms with van der Waals surface area (Å²) in [5, 5.41) is 6.41. The first-order chi connectivity index (χ1) is 17.5. The normalized spacial score (nSPS) is 18.9. The zero-order valence-corrected chi connectivity index (χ0v) is 21.0. The molecule has 0 N–H and O–H groups in total. The highest BCUT2D eigenvalue weighted by Gasteiger charge is 2.34. The van der Waals surface area contributed by atoms with Crippen molar-refractivity contribution in [2.24, 2.45) is 5.10 Å². The van der Waals surface area contributed by atoms with Gasteiger partial charge in [0.25, 0.3) is 5.91 Å². The van der Waals surface area contributed by atoms with E-state index in [1.54, 1.807) is 11.1 Å². The molecule has 0 saturated carbocycles. The molecule has 2 aliphatic rings. The lowest BCUT2D eigenvalue weighted by Gasteiger charge is -2.35. The number of carbonyl (C=O) groups is 1. The maximum absolute atomic E-state index is 14.1. The van der Waals surface area contributed by atoms with Crippen LogP contribution in [0.2, 0.25) is 0 Å². The van der Waals surface area contributed by atoms with Crippen LogP contribution in [0.4, 0.5) is 4.39 Å². The predicted octanol–water partition coefficient (Wildman–Crippen LogP) is 4.94. The molecule has 186 valence electrons. The highest BCUT2D eigenvalue weighted by atomic mass is 19.1. The third kappa shape index (κ3) is 5.55. The Morgan fingerprint density at radius 1 is 0.917 bits per heavy atom. The second-order valence-electron chi connectivity index (χ2n) is 9.92. The molecule has 36 heavy (non-hydrogen) atoms. The number of piperazine rings is 1. The van der Waals surface area contributed by atoms with Crippen molar-refractivity contribution in [2.45, 2.75) is 32.9 Å². The van der Waals surface area contributed by atoms with Crippen molar-refractivity contribution < 1.29 is 9.18 Å². The molecule has 2 aliphatic heterocycles. The summed E-state index contributed by atoms with van der Waals surface area (Å²) < 4.78 is 14.1. The van der Waals surface area contributed by atoms with Gasteiger partial charge in [-0.15, -0.1) is 0 Å². The molecule has 3 aromatic carbocycles. The lowest BCUT2D eigenvalue weighted by atomic mass is 9.95. The Morgan fingerprint density at radius 2 is 1.67 bits per heavy atom. The van der Waals surface area contributed by atoms with E-state index in [1.165, 1.54) is 23.3 Å². The lowest BCUT2D eigenvalue weighted by Crippen LogP contribution is -2.49. The van der Waals surface area contributed by atoms with Gasteiger partial charge in [0, 0.05) is 44.7 Å². The van der Waals surface area contributed by atoms with E-state index in [0.29, 0.717) is 13.0 Å². The molecule has 0 aromatic heterocycles. The fraction of sp³-hybridized carbons (Fsp3) is 0.333. The van der Waals surface area contributed by atoms with Gasteiger partial charge in [0.2, 0.25) is 0 Å². The summed E-state index contributed by atoms with van der Waals surface area (Å²) in [6.45, 7) is 8.91. The summed E-state index contributed by atoms with van der Waals surface area (Å²) in [7, 11) is 0. The number of aryl methyl sites for hydroxylation is 2. The first-order valence-corrected chi connectivity index (χ1v) is 12.7. The van der Waals surface area contributed by atoms with Gasteiger partial charge in [-0.1, -0.05) is 66.2 Å². The molecule has 1 saturated heterocycles. The number of rotatable bonds is 6. The molecule has 1 fully saturated rings. The lowest BCUT2D eigenvalue weighted by molar-refractivity contribution is -0.134. The van der Waals surface area contributed by atoms with Gasteiger partial charge >= 0.3 is 0 Å². The largest absolute Gasteiger partial charge is 0.297 e. The number of hydrogen-bond donors (Lipinski definition) is 0. The third-order valence-electron chi connectivity index (χ3n) is 7.16. The molecule has 0 spiro atoms. The molecule has 5 nitrogen and oxygen atoms in total. The molecule has 1 atom stereocenters. The molecule has 6 heteroatoms. The quantitative estimate of drug-likeness (QED) is 0.498. The molecule has 1 unspecified atom stereocenters. The van der Waals surface area contributed by atoms with Gasteiger partial charge in [0.05, 0.1) is 18.3 Å². The van der Waals surface area contributed by atoms with Crippen LogP contribution in [0.5, 0.6) is 0 Å². The van der Waals surface area contributed by atoms with E-state index in [2.05, 4.69) is 66.1 Å². The molecule has 0 bridgehead atoms. The summed E-state index contributed by atoms with van der Waals surface area (Å²) in [5.74, 6) is -0.338. The van der Waals surface area contributed by atoms with Crippen molar-refractivity contribution in [3.63, 3.8) is 0 Å². The van der Waals surface area contributed by atoms with Gasteiger partial charge in [-0.3, -0.25) is 14.6 Å². The van der Waals surface area contributed by atoms with Crippen molar-refractivity contribution in [1.82, 2.24) is 14.8 Å². The van der Waals surface area contributed by atoms with E-state index in [0.717, 1.165) is 55.1 Å². The van der Waals surface area contributed by atoms with Crippen LogP contribution in [0.1, 0.15) is 40.3 Å². The zero-order valence-electron chi connectivity index (χ0n) is 21.0. The second kappa shape index (κ2) is 10.7. The smallest absolute Gasteiger partial charge is 0.257 e. The second-order valence-corrected chi connectivity index (χ2v) is 9.92. The van der Waals surface area contributed by atoms with E-state index in [1.807, 2.05) is 12.1 Å². The Labute approximate surface area is 212 Å². The Bertz CT molecular complexity index is 1250. The van der Waals surface area contributed by atoms with Gasteiger partial charge in [-0.2, -0.15) is 5.10 Å². The molecule has 3 aromatic rings. The molecule has 0 radical (unpaired) electrons. The SMILES string of the molecule is Cc1ccc(C2=NN(C(=O)CN3CCN(Cc4ccccc4)CC3)C(c3cccc(F)c3)C2)c(C)c1. The number of hydrazone groups is 1. The number of carbonyl (C=O) groups excluding carboxylic acids is 1. The zero-order chi connectivity index (χ0) is 25.1. The summed E-state index contributed by atoms with van der Waals surface area (Å²) in [6.07, 6.45) is 0.573. The minimum atomic E-state index is -0.303. The first kappa shape index (κ1) is 24.3. The van der Waals surface area contributed by atoms with E-state index in [-0.39, 0.29) is 17.8 Å². The highest BCUT2D eigenvalue weighted by molar-refractivity contribution is 6.04. The van der Waals surface area contributed by atoms with Crippen molar-refractivity contribution in [3.8, 4) is 0 Å². The van der Waals surface area contributed by atoms with Gasteiger partial charge in [0.15, 0.2) is 0 Å². The van der Waals surface area contributed by atoms with Crippen molar-refractivity contribution in [2.75, 3.05) is 32.7 Å². The van der Waals surface area contributed by atoms with Crippen LogP contribution in [0.15, 0.2) is 77.9 Å². The van der Waals surface area contributed by atoms with Crippen LogP contribution in [-0.2, 0) is 11.3 Å². The number of halogens is 1. The minimum absolute atomic E-state index is 0.0412. The van der Waals surface area contributed by atoms with Crippen molar-refractivity contribution >= 4 is 11.6 Å². The fourth-order valence-electron chi connectivity index (χ4n) is 5.22. The summed E-state index contributed by atoms with van der Waals surface area (Å²) in [4.78, 5) is 18.2. The predicted molar refractivity (Wildman–Crippen MR) is 141 cm³/mol. The first-order valence-electron chi connectivity index (χ1n) is 12.7. The number of amides is 1. The van der Waals surface area contributed by atoms with Gasteiger partial charge in [-0.25, -0.2) is 9.40 Å². The van der Waals surface area contributed by atoms with Crippen LogP contribution < -0.4 is 0 Å². The highest BCUT2D eigenvalue weighted by Crippen LogP contribution is 2.34. The van der Waals surface area contributed by atoms with Gasteiger partial charge in [-0.05, 0) is 42.7 Å². The average Bonchev–Trinajstić information content (AvgIpc) is 3.31. The topological polar surface area (TPSA) is 39.2 Å². The van der Waals surface area contributed by atoms with Crippen LogP contribution in [-0.4, -0.2) is 59.2 Å². The molecule has 0 aliphatic carbocycles. The molecule has 2 heterocycles. The number of hydrogen-bond acceptors (Lipinski definition) is 4. The third-order valence-corrected chi connectivity index (χ3v) is 7.16. The molecule has 1 amide bonds. The van der Waals surface area contributed by atoms with Crippen LogP contribution in [0.3, 0.4) is 0 Å². The van der Waals surface area contributed by atoms with Crippen LogP contribution >= 0.6 is 0 Å². The maximum atomic E-state index is 14.1. The molecule has 5 rings (SSSR count). The van der Waals surface area contributed by atoms with Crippen LogP contribution in [0.25, 0.3) is 0 Å². The van der Waals surface area contributed by atoms with E-state index >= 15 is 0 Å². The fourth-order valence-corrected chi connectivity index (χ4v) is 5.22. The van der Waals surface area contributed by atoms with Crippen molar-refractivity contribution in [1.29, 1.82) is 0 Å². The molecular weight excluding hydrogens is 451 g/mol. The standard InChI is InChI=1S/C30H33FN4O/c1-22-11-12-27(23(2)17-22)28-19-29(25-9-6-10-26(31)18-25)35(32-28)30(36)21-34-15-13-33(14-16-34)20-24-7-4-3-5-8-24/h3-12,17-18,29H,13-16,19-21H2,1-2H3. The van der Waals surface area contributed by atoms with E-state index < -0.39 is 0 Å². The Balaban J connectivity index is 1.29. The summed E-state index contributed by atoms with van der Waals surface area (Å²) in [6, 6.07) is 23.0. The van der Waals surface area contributed by atoms with Gasteiger partial charge < -0.3 is 0 Å². The number of benzene rings is 3. The monoisotopic (exact) mass is 484 g/mol. The van der Waals surface area contributed by atoms with Crippen molar-refractivity contribution in [3.05, 3.63) is 106 Å². The Hall–Kier alpha value is -3.35. The van der Waals surface area contributed by atoms with E-state index in [4.69, 9.17) is 5.10 Å². The van der Waals surface area contributed by atoms with Gasteiger partial charge in [0.1, 0.15) is 5.82 Å². The summed E-state index contributed by atoms with van der Waals surface area (Å²) in [5.41, 5.74) is 6.34. The summed E-state index contributed by atoms with van der Waals surface area (Å²) >= 11 is 0. The van der Waals surface area contributed by atoms with Crippen LogP contribution in [0, 0.1) is 19.7 Å². The maximum Gasteiger partial charge on any atom is 0.257 e. The minimum Gasteiger partial charge on any atom is -0.297 e. The van der Waals surface area contributed by atoms with E-state index in [9.17, 15) is 9.18 Å². The Morgan fingerprint density at radius 3 is 2.39 bits per heavy atom. The Kier molecular flexibility index (Phi) is 7.25. The molecular formula is C30H33FN4O. The average molecular weight is 485 g/mol. The number of nitrogens with zero attached hydrogens (tertiary/aromatic N) is 4.